The molecule has 1 aliphatic rings. The van der Waals surface area contributed by atoms with Crippen LogP contribution in [0.15, 0.2) is 52.2 Å². The highest BCUT2D eigenvalue weighted by Gasteiger charge is 2.22. The lowest BCUT2D eigenvalue weighted by atomic mass is 10.1. The van der Waals surface area contributed by atoms with Crippen molar-refractivity contribution in [3.05, 3.63) is 53.4 Å². The van der Waals surface area contributed by atoms with Crippen molar-refractivity contribution in [2.45, 2.75) is 18.9 Å². The molecule has 1 fully saturated rings. The van der Waals surface area contributed by atoms with Crippen molar-refractivity contribution in [2.24, 2.45) is 0 Å². The van der Waals surface area contributed by atoms with Crippen LogP contribution in [0.5, 0.6) is 5.75 Å². The predicted octanol–water partition coefficient (Wildman–Crippen LogP) is 2.35. The summed E-state index contributed by atoms with van der Waals surface area (Å²) < 4.78 is 11.1. The number of carbonyl (C=O) groups excluding carboxylic acids is 1. The molecule has 1 aliphatic heterocycles. The zero-order chi connectivity index (χ0) is 15.5. The topological polar surface area (TPSA) is 59.8 Å². The molecular formula is C17H17NO4. The minimum atomic E-state index is -0.374. The number of ether oxygens (including phenoxy) is 1. The largest absolute Gasteiger partial charge is 0.490 e. The van der Waals surface area contributed by atoms with Gasteiger partial charge in [-0.3, -0.25) is 4.79 Å². The summed E-state index contributed by atoms with van der Waals surface area (Å²) in [6.45, 7) is 4.83. The molecule has 1 saturated heterocycles. The van der Waals surface area contributed by atoms with Gasteiger partial charge in [0.25, 0.3) is 0 Å². The first-order valence-electron chi connectivity index (χ1n) is 7.27. The lowest BCUT2D eigenvalue weighted by Crippen LogP contribution is -2.41. The van der Waals surface area contributed by atoms with Crippen molar-refractivity contribution in [3.8, 4) is 5.75 Å². The molecule has 0 aliphatic carbocycles. The van der Waals surface area contributed by atoms with Gasteiger partial charge in [0, 0.05) is 43.5 Å². The van der Waals surface area contributed by atoms with E-state index in [4.69, 9.17) is 9.15 Å². The minimum Gasteiger partial charge on any atom is -0.490 e. The van der Waals surface area contributed by atoms with E-state index in [0.717, 1.165) is 18.2 Å². The first-order valence-corrected chi connectivity index (χ1v) is 7.27. The van der Waals surface area contributed by atoms with Crippen molar-refractivity contribution >= 4 is 16.9 Å². The average molecular weight is 299 g/mol. The van der Waals surface area contributed by atoms with E-state index in [1.807, 2.05) is 12.1 Å². The predicted molar refractivity (Wildman–Crippen MR) is 82.9 cm³/mol. The van der Waals surface area contributed by atoms with Crippen molar-refractivity contribution in [3.63, 3.8) is 0 Å². The second-order valence-corrected chi connectivity index (χ2v) is 5.30. The summed E-state index contributed by atoms with van der Waals surface area (Å²) in [5, 5.41) is 0.860. The molecule has 0 bridgehead atoms. The Bertz CT molecular complexity index is 757. The Hall–Kier alpha value is -2.56. The zero-order valence-electron chi connectivity index (χ0n) is 12.2. The van der Waals surface area contributed by atoms with Gasteiger partial charge < -0.3 is 14.1 Å². The molecule has 0 radical (unpaired) electrons. The van der Waals surface area contributed by atoms with Gasteiger partial charge in [0.05, 0.1) is 0 Å². The Morgan fingerprint density at radius 3 is 2.73 bits per heavy atom. The van der Waals surface area contributed by atoms with Gasteiger partial charge in [-0.05, 0) is 24.3 Å². The van der Waals surface area contributed by atoms with Crippen LogP contribution in [0.4, 0.5) is 0 Å². The Balaban J connectivity index is 1.68. The molecule has 22 heavy (non-hydrogen) atoms. The number of nitrogens with zero attached hydrogens (tertiary/aromatic N) is 1. The summed E-state index contributed by atoms with van der Waals surface area (Å²) in [5.74, 6) is 0.640. The smallest absolute Gasteiger partial charge is 0.336 e. The van der Waals surface area contributed by atoms with Crippen LogP contribution in [-0.2, 0) is 4.79 Å². The molecule has 0 atom stereocenters. The number of hydrogen-bond acceptors (Lipinski definition) is 4. The molecule has 5 heteroatoms. The molecule has 2 heterocycles. The first-order chi connectivity index (χ1) is 10.7. The standard InChI is InChI=1S/C17H17NO4/c1-2-16(19)18-9-7-13(8-10-18)21-14-5-3-12-4-6-17(20)22-15(12)11-14/h2-6,11,13H,1,7-10H2. The maximum atomic E-state index is 11.5. The average Bonchev–Trinajstić information content (AvgIpc) is 2.54. The highest BCUT2D eigenvalue weighted by Crippen LogP contribution is 2.23. The monoisotopic (exact) mass is 299 g/mol. The van der Waals surface area contributed by atoms with Gasteiger partial charge in [0.15, 0.2) is 0 Å². The van der Waals surface area contributed by atoms with E-state index < -0.39 is 0 Å². The summed E-state index contributed by atoms with van der Waals surface area (Å²) in [5.41, 5.74) is 0.144. The number of amides is 1. The summed E-state index contributed by atoms with van der Waals surface area (Å²) >= 11 is 0. The van der Waals surface area contributed by atoms with E-state index in [1.54, 1.807) is 17.0 Å². The Morgan fingerprint density at radius 2 is 2.00 bits per heavy atom. The number of piperidine rings is 1. The van der Waals surface area contributed by atoms with Crippen LogP contribution in [-0.4, -0.2) is 30.0 Å². The SMILES string of the molecule is C=CC(=O)N1CCC(Oc2ccc3ccc(=O)oc3c2)CC1. The molecule has 114 valence electrons. The Morgan fingerprint density at radius 1 is 1.27 bits per heavy atom. The minimum absolute atomic E-state index is 0.0362. The van der Waals surface area contributed by atoms with Gasteiger partial charge in [0.1, 0.15) is 17.4 Å². The van der Waals surface area contributed by atoms with E-state index in [9.17, 15) is 9.59 Å². The second-order valence-electron chi connectivity index (χ2n) is 5.30. The van der Waals surface area contributed by atoms with Crippen LogP contribution in [0.25, 0.3) is 11.0 Å². The number of benzene rings is 1. The van der Waals surface area contributed by atoms with Crippen LogP contribution in [0.2, 0.25) is 0 Å². The zero-order valence-corrected chi connectivity index (χ0v) is 12.2. The molecule has 5 nitrogen and oxygen atoms in total. The number of likely N-dealkylation sites (tertiary alicyclic amines) is 1. The van der Waals surface area contributed by atoms with E-state index >= 15 is 0 Å². The van der Waals surface area contributed by atoms with Crippen LogP contribution in [0, 0.1) is 0 Å². The number of fused-ring (bicyclic) bond motifs is 1. The number of carbonyl (C=O) groups is 1. The van der Waals surface area contributed by atoms with Gasteiger partial charge in [-0.1, -0.05) is 6.58 Å². The summed E-state index contributed by atoms with van der Waals surface area (Å²) in [6, 6.07) is 8.59. The fourth-order valence-corrected chi connectivity index (χ4v) is 2.63. The molecule has 0 spiro atoms. The normalized spacial score (nSPS) is 15.7. The third kappa shape index (κ3) is 3.03. The number of rotatable bonds is 3. The quantitative estimate of drug-likeness (QED) is 0.645. The third-order valence-electron chi connectivity index (χ3n) is 3.83. The Labute approximate surface area is 127 Å². The molecule has 2 aromatic rings. The van der Waals surface area contributed by atoms with Gasteiger partial charge in [-0.2, -0.15) is 0 Å². The molecule has 0 unspecified atom stereocenters. The van der Waals surface area contributed by atoms with Gasteiger partial charge in [-0.25, -0.2) is 4.79 Å². The van der Waals surface area contributed by atoms with Crippen LogP contribution in [0.1, 0.15) is 12.8 Å². The Kier molecular flexibility index (Phi) is 3.96. The van der Waals surface area contributed by atoms with E-state index in [1.165, 1.54) is 12.1 Å². The molecule has 3 rings (SSSR count). The fraction of sp³-hybridized carbons (Fsp3) is 0.294. The lowest BCUT2D eigenvalue weighted by molar-refractivity contribution is -0.127. The maximum absolute atomic E-state index is 11.5. The van der Waals surface area contributed by atoms with Crippen molar-refractivity contribution in [1.29, 1.82) is 0 Å². The summed E-state index contributed by atoms with van der Waals surface area (Å²) in [4.78, 5) is 24.6. The van der Waals surface area contributed by atoms with Crippen molar-refractivity contribution in [2.75, 3.05) is 13.1 Å². The molecular weight excluding hydrogens is 282 g/mol. The van der Waals surface area contributed by atoms with Crippen molar-refractivity contribution in [1.82, 2.24) is 4.90 Å². The number of hydrogen-bond donors (Lipinski definition) is 0. The van der Waals surface area contributed by atoms with E-state index in [0.29, 0.717) is 24.4 Å². The first kappa shape index (κ1) is 14.4. The van der Waals surface area contributed by atoms with Gasteiger partial charge in [-0.15, -0.1) is 0 Å². The highest BCUT2D eigenvalue weighted by molar-refractivity contribution is 5.87. The van der Waals surface area contributed by atoms with E-state index in [-0.39, 0.29) is 17.6 Å². The molecule has 1 amide bonds. The molecule has 0 N–H and O–H groups in total. The molecule has 1 aromatic heterocycles. The highest BCUT2D eigenvalue weighted by atomic mass is 16.5. The maximum Gasteiger partial charge on any atom is 0.336 e. The van der Waals surface area contributed by atoms with Gasteiger partial charge in [0.2, 0.25) is 5.91 Å². The van der Waals surface area contributed by atoms with Crippen LogP contribution in [0.3, 0.4) is 0 Å². The van der Waals surface area contributed by atoms with Gasteiger partial charge >= 0.3 is 5.63 Å². The molecule has 0 saturated carbocycles. The summed E-state index contributed by atoms with van der Waals surface area (Å²) in [6.07, 6.45) is 2.95. The third-order valence-corrected chi connectivity index (χ3v) is 3.83. The van der Waals surface area contributed by atoms with Crippen molar-refractivity contribution < 1.29 is 13.9 Å². The van der Waals surface area contributed by atoms with Crippen LogP contribution < -0.4 is 10.4 Å². The fourth-order valence-electron chi connectivity index (χ4n) is 2.63. The van der Waals surface area contributed by atoms with E-state index in [2.05, 4.69) is 6.58 Å². The molecule has 1 aromatic carbocycles. The lowest BCUT2D eigenvalue weighted by Gasteiger charge is -2.31. The summed E-state index contributed by atoms with van der Waals surface area (Å²) in [7, 11) is 0. The van der Waals surface area contributed by atoms with Crippen LogP contribution >= 0.6 is 0 Å². The second kappa shape index (κ2) is 6.05.